The van der Waals surface area contributed by atoms with Crippen LogP contribution in [-0.4, -0.2) is 40.8 Å². The number of benzene rings is 1. The highest BCUT2D eigenvalue weighted by Crippen LogP contribution is 2.30. The summed E-state index contributed by atoms with van der Waals surface area (Å²) < 4.78 is 32.5. The van der Waals surface area contributed by atoms with Gasteiger partial charge in [0, 0.05) is 23.9 Å². The number of morpholine rings is 1. The summed E-state index contributed by atoms with van der Waals surface area (Å²) in [7, 11) is 0. The summed E-state index contributed by atoms with van der Waals surface area (Å²) in [6.45, 7) is 4.74. The smallest absolute Gasteiger partial charge is 0.257 e. The van der Waals surface area contributed by atoms with Crippen LogP contribution < -0.4 is 0 Å². The third-order valence-corrected chi connectivity index (χ3v) is 4.07. The van der Waals surface area contributed by atoms with Crippen LogP contribution in [-0.2, 0) is 4.74 Å². The van der Waals surface area contributed by atoms with Gasteiger partial charge >= 0.3 is 0 Å². The minimum Gasteiger partial charge on any atom is -0.377 e. The van der Waals surface area contributed by atoms with Crippen molar-refractivity contribution in [2.45, 2.75) is 19.9 Å². The van der Waals surface area contributed by atoms with Crippen LogP contribution in [0.25, 0.3) is 0 Å². The standard InChI is InChI=1S/C16H17F2N3O2/c1-9-15(10(2)20-19-9)14-8-23-6-5-21(14)16(22)12-4-3-11(17)7-13(12)18/h3-4,7,14H,5-6,8H2,1-2H3,(H,19,20). The highest BCUT2D eigenvalue weighted by molar-refractivity contribution is 5.94. The summed E-state index contributed by atoms with van der Waals surface area (Å²) in [4.78, 5) is 14.3. The predicted octanol–water partition coefficient (Wildman–Crippen LogP) is 2.52. The maximum Gasteiger partial charge on any atom is 0.257 e. The molecule has 0 aliphatic carbocycles. The number of nitrogens with one attached hydrogen (secondary N) is 1. The molecule has 1 N–H and O–H groups in total. The molecule has 23 heavy (non-hydrogen) atoms. The molecule has 2 heterocycles. The average molecular weight is 321 g/mol. The monoisotopic (exact) mass is 321 g/mol. The molecular weight excluding hydrogens is 304 g/mol. The van der Waals surface area contributed by atoms with Crippen LogP contribution in [0.5, 0.6) is 0 Å². The van der Waals surface area contributed by atoms with Crippen molar-refractivity contribution in [3.8, 4) is 0 Å². The normalized spacial score (nSPS) is 18.3. The second-order valence-corrected chi connectivity index (χ2v) is 5.56. The molecule has 1 fully saturated rings. The number of aryl methyl sites for hydroxylation is 2. The molecule has 1 unspecified atom stereocenters. The van der Waals surface area contributed by atoms with Gasteiger partial charge in [-0.15, -0.1) is 0 Å². The van der Waals surface area contributed by atoms with E-state index in [9.17, 15) is 13.6 Å². The summed E-state index contributed by atoms with van der Waals surface area (Å²) in [5.41, 5.74) is 2.35. The molecule has 1 aliphatic heterocycles. The molecule has 122 valence electrons. The maximum absolute atomic E-state index is 13.9. The third-order valence-electron chi connectivity index (χ3n) is 4.07. The van der Waals surface area contributed by atoms with Crippen molar-refractivity contribution >= 4 is 5.91 Å². The molecule has 2 aromatic rings. The first-order valence-corrected chi connectivity index (χ1v) is 7.34. The van der Waals surface area contributed by atoms with Crippen molar-refractivity contribution in [1.29, 1.82) is 0 Å². The summed E-state index contributed by atoms with van der Waals surface area (Å²) in [5, 5.41) is 7.03. The van der Waals surface area contributed by atoms with Gasteiger partial charge in [0.05, 0.1) is 30.5 Å². The first-order chi connectivity index (χ1) is 11.0. The van der Waals surface area contributed by atoms with E-state index in [-0.39, 0.29) is 11.6 Å². The van der Waals surface area contributed by atoms with Gasteiger partial charge in [-0.1, -0.05) is 0 Å². The Bertz CT molecular complexity index is 725. The number of halogens is 2. The Morgan fingerprint density at radius 3 is 2.83 bits per heavy atom. The lowest BCUT2D eigenvalue weighted by atomic mass is 10.0. The molecule has 1 amide bonds. The number of hydrogen-bond donors (Lipinski definition) is 1. The summed E-state index contributed by atoms with van der Waals surface area (Å²) in [5.74, 6) is -2.05. The fourth-order valence-electron chi connectivity index (χ4n) is 2.95. The number of hydrogen-bond acceptors (Lipinski definition) is 3. The van der Waals surface area contributed by atoms with Gasteiger partial charge in [0.25, 0.3) is 5.91 Å². The Balaban J connectivity index is 1.97. The fraction of sp³-hybridized carbons (Fsp3) is 0.375. The van der Waals surface area contributed by atoms with Crippen LogP contribution in [0.3, 0.4) is 0 Å². The zero-order chi connectivity index (χ0) is 16.6. The predicted molar refractivity (Wildman–Crippen MR) is 79.0 cm³/mol. The van der Waals surface area contributed by atoms with Gasteiger partial charge in [0.15, 0.2) is 0 Å². The van der Waals surface area contributed by atoms with Gasteiger partial charge in [0.1, 0.15) is 11.6 Å². The molecule has 5 nitrogen and oxygen atoms in total. The van der Waals surface area contributed by atoms with Crippen LogP contribution >= 0.6 is 0 Å². The average Bonchev–Trinajstić information content (AvgIpc) is 2.85. The Hall–Kier alpha value is -2.28. The Labute approximate surface area is 132 Å². The lowest BCUT2D eigenvalue weighted by molar-refractivity contribution is -0.00325. The third kappa shape index (κ3) is 2.84. The first kappa shape index (κ1) is 15.6. The Kier molecular flexibility index (Phi) is 4.12. The van der Waals surface area contributed by atoms with E-state index in [4.69, 9.17) is 4.74 Å². The van der Waals surface area contributed by atoms with Crippen LogP contribution in [0.2, 0.25) is 0 Å². The van der Waals surface area contributed by atoms with Crippen molar-refractivity contribution in [2.75, 3.05) is 19.8 Å². The number of amides is 1. The highest BCUT2D eigenvalue weighted by Gasteiger charge is 2.33. The SMILES string of the molecule is Cc1n[nH]c(C)c1C1COCCN1C(=O)c1ccc(F)cc1F. The van der Waals surface area contributed by atoms with Gasteiger partial charge in [-0.05, 0) is 26.0 Å². The molecule has 0 radical (unpaired) electrons. The van der Waals surface area contributed by atoms with Gasteiger partial charge in [-0.3, -0.25) is 9.89 Å². The minimum absolute atomic E-state index is 0.142. The minimum atomic E-state index is -0.860. The van der Waals surface area contributed by atoms with E-state index in [1.807, 2.05) is 13.8 Å². The number of ether oxygens (including phenoxy) is 1. The van der Waals surface area contributed by atoms with Gasteiger partial charge < -0.3 is 9.64 Å². The summed E-state index contributed by atoms with van der Waals surface area (Å²) >= 11 is 0. The molecular formula is C16H17F2N3O2. The van der Waals surface area contributed by atoms with Crippen molar-refractivity contribution in [1.82, 2.24) is 15.1 Å². The second-order valence-electron chi connectivity index (χ2n) is 5.56. The van der Waals surface area contributed by atoms with Gasteiger partial charge in [-0.25, -0.2) is 8.78 Å². The van der Waals surface area contributed by atoms with Crippen molar-refractivity contribution < 1.29 is 18.3 Å². The molecule has 0 bridgehead atoms. The number of aromatic nitrogens is 2. The number of rotatable bonds is 2. The topological polar surface area (TPSA) is 58.2 Å². The van der Waals surface area contributed by atoms with Crippen molar-refractivity contribution in [3.63, 3.8) is 0 Å². The maximum atomic E-state index is 13.9. The van der Waals surface area contributed by atoms with E-state index in [0.717, 1.165) is 29.1 Å². The van der Waals surface area contributed by atoms with E-state index in [1.165, 1.54) is 6.07 Å². The van der Waals surface area contributed by atoms with E-state index in [1.54, 1.807) is 4.90 Å². The van der Waals surface area contributed by atoms with Gasteiger partial charge in [-0.2, -0.15) is 5.10 Å². The Morgan fingerprint density at radius 2 is 2.17 bits per heavy atom. The molecule has 1 aromatic heterocycles. The van der Waals surface area contributed by atoms with Gasteiger partial charge in [0.2, 0.25) is 0 Å². The van der Waals surface area contributed by atoms with Crippen LogP contribution in [0.1, 0.15) is 33.4 Å². The quantitative estimate of drug-likeness (QED) is 0.925. The van der Waals surface area contributed by atoms with Crippen LogP contribution in [0, 0.1) is 25.5 Å². The molecule has 1 saturated heterocycles. The van der Waals surface area contributed by atoms with E-state index in [0.29, 0.717) is 19.8 Å². The van der Waals surface area contributed by atoms with Crippen molar-refractivity contribution in [3.05, 3.63) is 52.3 Å². The number of aromatic amines is 1. The number of H-pyrrole nitrogens is 1. The molecule has 1 aliphatic rings. The van der Waals surface area contributed by atoms with E-state index >= 15 is 0 Å². The molecule has 1 aromatic carbocycles. The fourth-order valence-corrected chi connectivity index (χ4v) is 2.95. The van der Waals surface area contributed by atoms with Crippen LogP contribution in [0.15, 0.2) is 18.2 Å². The Morgan fingerprint density at radius 1 is 1.39 bits per heavy atom. The molecule has 0 saturated carbocycles. The van der Waals surface area contributed by atoms with Crippen molar-refractivity contribution in [2.24, 2.45) is 0 Å². The van der Waals surface area contributed by atoms with E-state index in [2.05, 4.69) is 10.2 Å². The second kappa shape index (κ2) is 6.08. The van der Waals surface area contributed by atoms with E-state index < -0.39 is 17.5 Å². The summed E-state index contributed by atoms with van der Waals surface area (Å²) in [6.07, 6.45) is 0. The highest BCUT2D eigenvalue weighted by atomic mass is 19.1. The zero-order valence-electron chi connectivity index (χ0n) is 12.9. The zero-order valence-corrected chi connectivity index (χ0v) is 12.9. The summed E-state index contributed by atoms with van der Waals surface area (Å²) in [6, 6.07) is 2.63. The lowest BCUT2D eigenvalue weighted by Gasteiger charge is -2.36. The molecule has 3 rings (SSSR count). The number of nitrogens with zero attached hydrogens (tertiary/aromatic N) is 2. The molecule has 0 spiro atoms. The first-order valence-electron chi connectivity index (χ1n) is 7.34. The van der Waals surface area contributed by atoms with Crippen LogP contribution in [0.4, 0.5) is 8.78 Å². The number of carbonyl (C=O) groups excluding carboxylic acids is 1. The number of carbonyl (C=O) groups is 1. The molecule has 7 heteroatoms. The largest absolute Gasteiger partial charge is 0.377 e. The lowest BCUT2D eigenvalue weighted by Crippen LogP contribution is -2.44. The molecule has 1 atom stereocenters.